The maximum Gasteiger partial charge on any atom is 0.229 e. The zero-order valence-electron chi connectivity index (χ0n) is 14.5. The quantitative estimate of drug-likeness (QED) is 0.403. The Balaban J connectivity index is 2.33. The predicted octanol–water partition coefficient (Wildman–Crippen LogP) is -1.11. The second kappa shape index (κ2) is 9.17. The van der Waals surface area contributed by atoms with E-state index in [2.05, 4.69) is 0 Å². The fourth-order valence-electron chi connectivity index (χ4n) is 2.58. The average Bonchev–Trinajstić information content (AvgIpc) is 2.66. The fourth-order valence-corrected chi connectivity index (χ4v) is 2.58. The maximum atomic E-state index is 10.1. The van der Waals surface area contributed by atoms with Crippen LogP contribution in [0.15, 0.2) is 18.2 Å². The Labute approximate surface area is 150 Å². The van der Waals surface area contributed by atoms with Gasteiger partial charge in [-0.25, -0.2) is 0 Å². The minimum Gasteiger partial charge on any atom is -0.493 e. The Morgan fingerprint density at radius 3 is 2.12 bits per heavy atom. The first kappa shape index (κ1) is 20.4. The van der Waals surface area contributed by atoms with Crippen molar-refractivity contribution < 1.29 is 44.5 Å². The van der Waals surface area contributed by atoms with Crippen molar-refractivity contribution in [2.75, 3.05) is 27.4 Å². The van der Waals surface area contributed by atoms with Gasteiger partial charge in [0, 0.05) is 0 Å². The lowest BCUT2D eigenvalue weighted by Gasteiger charge is -2.39. The van der Waals surface area contributed by atoms with E-state index in [4.69, 9.17) is 24.1 Å². The molecule has 1 saturated heterocycles. The number of aliphatic hydroxyl groups is 5. The molecule has 0 aliphatic carbocycles. The Kier molecular flexibility index (Phi) is 7.21. The lowest BCUT2D eigenvalue weighted by atomic mass is 9.99. The summed E-state index contributed by atoms with van der Waals surface area (Å²) >= 11 is 0. The van der Waals surface area contributed by atoms with Crippen molar-refractivity contribution in [3.63, 3.8) is 0 Å². The molecule has 0 radical (unpaired) electrons. The molecule has 0 bridgehead atoms. The molecule has 26 heavy (non-hydrogen) atoms. The van der Waals surface area contributed by atoms with Crippen LogP contribution in [0.25, 0.3) is 6.08 Å². The van der Waals surface area contributed by atoms with Crippen molar-refractivity contribution >= 4 is 6.08 Å². The summed E-state index contributed by atoms with van der Waals surface area (Å²) in [6, 6.07) is 3.24. The summed E-state index contributed by atoms with van der Waals surface area (Å²) in [4.78, 5) is 0. The van der Waals surface area contributed by atoms with Gasteiger partial charge in [-0.1, -0.05) is 12.2 Å². The van der Waals surface area contributed by atoms with Gasteiger partial charge in [0.1, 0.15) is 24.4 Å². The largest absolute Gasteiger partial charge is 0.493 e. The second-order valence-electron chi connectivity index (χ2n) is 5.65. The number of aliphatic hydroxyl groups excluding tert-OH is 5. The fraction of sp³-hybridized carbons (Fsp3) is 0.529. The number of benzene rings is 1. The summed E-state index contributed by atoms with van der Waals surface area (Å²) in [5.74, 6) is 0.637. The van der Waals surface area contributed by atoms with Crippen LogP contribution in [-0.2, 0) is 4.74 Å². The molecule has 0 aromatic heterocycles. The predicted molar refractivity (Wildman–Crippen MR) is 90.1 cm³/mol. The Morgan fingerprint density at radius 2 is 1.62 bits per heavy atom. The van der Waals surface area contributed by atoms with E-state index in [1.54, 1.807) is 18.2 Å². The van der Waals surface area contributed by atoms with E-state index in [9.17, 15) is 20.4 Å². The normalized spacial score (nSPS) is 29.0. The molecule has 146 valence electrons. The lowest BCUT2D eigenvalue weighted by molar-refractivity contribution is -0.277. The SMILES string of the molecule is COc1cc(/C=C\CO)cc(OC)c1O[C@@H]1O[C@H](CO)[C@@H](O)[C@@H](O)[C@@H]1O. The van der Waals surface area contributed by atoms with Gasteiger partial charge < -0.3 is 44.5 Å². The Morgan fingerprint density at radius 1 is 1.00 bits per heavy atom. The minimum absolute atomic E-state index is 0.112. The molecule has 2 rings (SSSR count). The van der Waals surface area contributed by atoms with E-state index in [1.165, 1.54) is 20.3 Å². The van der Waals surface area contributed by atoms with Crippen molar-refractivity contribution in [2.45, 2.75) is 30.7 Å². The van der Waals surface area contributed by atoms with Crippen LogP contribution in [0.3, 0.4) is 0 Å². The smallest absolute Gasteiger partial charge is 0.229 e. The van der Waals surface area contributed by atoms with Gasteiger partial charge in [-0.15, -0.1) is 0 Å². The molecular formula is C17H24O9. The van der Waals surface area contributed by atoms with Crippen molar-refractivity contribution in [2.24, 2.45) is 0 Å². The van der Waals surface area contributed by atoms with E-state index < -0.39 is 37.3 Å². The first-order valence-electron chi connectivity index (χ1n) is 7.97. The monoisotopic (exact) mass is 372 g/mol. The molecule has 1 aliphatic rings. The van der Waals surface area contributed by atoms with Crippen LogP contribution >= 0.6 is 0 Å². The molecule has 1 heterocycles. The molecule has 5 N–H and O–H groups in total. The lowest BCUT2D eigenvalue weighted by Crippen LogP contribution is -2.60. The summed E-state index contributed by atoms with van der Waals surface area (Å²) in [6.07, 6.45) is -3.88. The maximum absolute atomic E-state index is 10.1. The van der Waals surface area contributed by atoms with Gasteiger partial charge in [-0.2, -0.15) is 0 Å². The van der Waals surface area contributed by atoms with Gasteiger partial charge in [-0.3, -0.25) is 0 Å². The number of ether oxygens (including phenoxy) is 4. The number of methoxy groups -OCH3 is 2. The average molecular weight is 372 g/mol. The minimum atomic E-state index is -1.56. The topological polar surface area (TPSA) is 138 Å². The van der Waals surface area contributed by atoms with Crippen LogP contribution in [0.4, 0.5) is 0 Å². The highest BCUT2D eigenvalue weighted by atomic mass is 16.7. The van der Waals surface area contributed by atoms with E-state index in [-0.39, 0.29) is 23.9 Å². The van der Waals surface area contributed by atoms with E-state index in [0.29, 0.717) is 5.56 Å². The number of hydrogen-bond acceptors (Lipinski definition) is 9. The Bertz CT molecular complexity index is 591. The third-order valence-corrected chi connectivity index (χ3v) is 3.98. The van der Waals surface area contributed by atoms with Gasteiger partial charge in [0.05, 0.1) is 27.4 Å². The molecule has 1 aliphatic heterocycles. The second-order valence-corrected chi connectivity index (χ2v) is 5.65. The van der Waals surface area contributed by atoms with Gasteiger partial charge in [0.15, 0.2) is 11.5 Å². The zero-order chi connectivity index (χ0) is 19.3. The highest BCUT2D eigenvalue weighted by Gasteiger charge is 2.45. The van der Waals surface area contributed by atoms with Crippen LogP contribution in [0.2, 0.25) is 0 Å². The molecule has 9 heteroatoms. The summed E-state index contributed by atoms with van der Waals surface area (Å²) < 4.78 is 21.6. The van der Waals surface area contributed by atoms with Gasteiger partial charge in [0.25, 0.3) is 0 Å². The van der Waals surface area contributed by atoms with Crippen molar-refractivity contribution in [1.82, 2.24) is 0 Å². The number of hydrogen-bond donors (Lipinski definition) is 5. The highest BCUT2D eigenvalue weighted by Crippen LogP contribution is 2.40. The molecule has 0 unspecified atom stereocenters. The van der Waals surface area contributed by atoms with Crippen molar-refractivity contribution in [3.05, 3.63) is 23.8 Å². The zero-order valence-corrected chi connectivity index (χ0v) is 14.5. The molecule has 5 atom stereocenters. The third kappa shape index (κ3) is 4.26. The van der Waals surface area contributed by atoms with E-state index >= 15 is 0 Å². The summed E-state index contributed by atoms with van der Waals surface area (Å²) in [7, 11) is 2.82. The first-order valence-corrected chi connectivity index (χ1v) is 7.97. The molecule has 1 aromatic carbocycles. The molecule has 0 spiro atoms. The number of rotatable bonds is 7. The molecule has 1 fully saturated rings. The van der Waals surface area contributed by atoms with Crippen LogP contribution in [-0.4, -0.2) is 83.7 Å². The summed E-state index contributed by atoms with van der Waals surface area (Å²) in [6.45, 7) is -0.697. The third-order valence-electron chi connectivity index (χ3n) is 3.98. The van der Waals surface area contributed by atoms with Gasteiger partial charge in [-0.05, 0) is 17.7 Å². The van der Waals surface area contributed by atoms with Gasteiger partial charge in [0.2, 0.25) is 12.0 Å². The molecule has 0 saturated carbocycles. The standard InChI is InChI=1S/C17H24O9/c1-23-10-6-9(4-3-5-18)7-11(24-2)16(10)26-17-15(22)14(21)13(20)12(8-19)25-17/h3-4,6-7,12-15,17-22H,5,8H2,1-2H3/b4-3-/t12-,13-,14-,15+,17+/m1/s1. The van der Waals surface area contributed by atoms with Crippen LogP contribution in [0.1, 0.15) is 5.56 Å². The first-order chi connectivity index (χ1) is 12.5. The Hall–Kier alpha value is -1.88. The highest BCUT2D eigenvalue weighted by molar-refractivity contribution is 5.62. The summed E-state index contributed by atoms with van der Waals surface area (Å²) in [5, 5.41) is 48.0. The molecule has 9 nitrogen and oxygen atoms in total. The van der Waals surface area contributed by atoms with Crippen LogP contribution < -0.4 is 14.2 Å². The van der Waals surface area contributed by atoms with Gasteiger partial charge >= 0.3 is 0 Å². The molecular weight excluding hydrogens is 348 g/mol. The van der Waals surface area contributed by atoms with E-state index in [1.807, 2.05) is 0 Å². The van der Waals surface area contributed by atoms with Crippen LogP contribution in [0, 0.1) is 0 Å². The van der Waals surface area contributed by atoms with Crippen LogP contribution in [0.5, 0.6) is 17.2 Å². The molecule has 0 amide bonds. The summed E-state index contributed by atoms with van der Waals surface area (Å²) in [5.41, 5.74) is 0.675. The van der Waals surface area contributed by atoms with Crippen molar-refractivity contribution in [1.29, 1.82) is 0 Å². The van der Waals surface area contributed by atoms with Crippen molar-refractivity contribution in [3.8, 4) is 17.2 Å². The molecule has 1 aromatic rings. The van der Waals surface area contributed by atoms with E-state index in [0.717, 1.165) is 0 Å².